The Kier molecular flexibility index (Phi) is 9.91. The smallest absolute Gasteiger partial charge is 0.216 e. The molecule has 1 saturated heterocycles. The maximum absolute atomic E-state index is 13.6. The third kappa shape index (κ3) is 7.51. The van der Waals surface area contributed by atoms with Gasteiger partial charge in [0.25, 0.3) is 0 Å². The Hall–Kier alpha value is -0.980. The molecular weight excluding hydrogens is 486 g/mol. The van der Waals surface area contributed by atoms with Crippen LogP contribution in [-0.2, 0) is 21.3 Å². The molecule has 1 aliphatic heterocycles. The van der Waals surface area contributed by atoms with Gasteiger partial charge in [0, 0.05) is 38.8 Å². The van der Waals surface area contributed by atoms with Crippen molar-refractivity contribution in [1.82, 2.24) is 14.9 Å². The fraction of sp³-hybridized carbons (Fsp3) is 0.588. The van der Waals surface area contributed by atoms with Gasteiger partial charge < -0.3 is 15.4 Å². The van der Waals surface area contributed by atoms with E-state index in [-0.39, 0.29) is 60.8 Å². The van der Waals surface area contributed by atoms with Crippen LogP contribution in [-0.4, -0.2) is 63.3 Å². The van der Waals surface area contributed by atoms with Crippen molar-refractivity contribution in [2.24, 2.45) is 4.99 Å². The van der Waals surface area contributed by atoms with Crippen LogP contribution in [0.25, 0.3) is 0 Å². The summed E-state index contributed by atoms with van der Waals surface area (Å²) >= 11 is 0. The molecule has 1 aliphatic rings. The summed E-state index contributed by atoms with van der Waals surface area (Å²) in [5.41, 5.74) is 0.513. The minimum atomic E-state index is -3.38. The average Bonchev–Trinajstić information content (AvgIpc) is 2.58. The number of rotatable bonds is 6. The van der Waals surface area contributed by atoms with Gasteiger partial charge in [0.15, 0.2) is 5.96 Å². The van der Waals surface area contributed by atoms with Crippen molar-refractivity contribution in [1.29, 1.82) is 0 Å². The Morgan fingerprint density at radius 1 is 1.26 bits per heavy atom. The first-order valence-electron chi connectivity index (χ1n) is 8.63. The third-order valence-corrected chi connectivity index (χ3v) is 5.86. The lowest BCUT2D eigenvalue weighted by Gasteiger charge is -2.34. The Balaban J connectivity index is 0.00000364. The summed E-state index contributed by atoms with van der Waals surface area (Å²) in [5, 5.41) is 5.93. The number of benzene rings is 1. The summed E-state index contributed by atoms with van der Waals surface area (Å²) in [6.45, 7) is 4.94. The summed E-state index contributed by atoms with van der Waals surface area (Å²) in [5.74, 6) is 0.0769. The average molecular weight is 514 g/mol. The van der Waals surface area contributed by atoms with Gasteiger partial charge >= 0.3 is 0 Å². The molecule has 0 aliphatic carbocycles. The predicted octanol–water partition coefficient (Wildman–Crippen LogP) is 1.55. The van der Waals surface area contributed by atoms with Crippen LogP contribution in [0.1, 0.15) is 19.4 Å². The summed E-state index contributed by atoms with van der Waals surface area (Å²) in [4.78, 5) is 4.03. The third-order valence-electron chi connectivity index (χ3n) is 4.06. The lowest BCUT2D eigenvalue weighted by atomic mass is 10.2. The molecule has 10 heteroatoms. The molecule has 2 N–H and O–H groups in total. The van der Waals surface area contributed by atoms with Crippen molar-refractivity contribution in [3.63, 3.8) is 0 Å². The topological polar surface area (TPSA) is 83.0 Å². The first-order valence-corrected chi connectivity index (χ1v) is 10.2. The van der Waals surface area contributed by atoms with Crippen molar-refractivity contribution >= 4 is 40.0 Å². The molecule has 0 spiro atoms. The van der Waals surface area contributed by atoms with Crippen LogP contribution in [0.3, 0.4) is 0 Å². The van der Waals surface area contributed by atoms with Crippen LogP contribution in [0, 0.1) is 5.82 Å². The molecule has 0 bridgehead atoms. The zero-order valence-electron chi connectivity index (χ0n) is 15.8. The number of hydrogen-bond acceptors (Lipinski definition) is 4. The molecule has 2 unspecified atom stereocenters. The highest BCUT2D eigenvalue weighted by Crippen LogP contribution is 2.14. The first-order chi connectivity index (χ1) is 12.3. The van der Waals surface area contributed by atoms with E-state index in [0.717, 1.165) is 0 Å². The maximum atomic E-state index is 13.6. The molecule has 1 aromatic rings. The number of nitrogens with zero attached hydrogens (tertiary/aromatic N) is 2. The highest BCUT2D eigenvalue weighted by atomic mass is 127. The Morgan fingerprint density at radius 3 is 2.48 bits per heavy atom. The standard InChI is InChI=1S/C17H27FN4O3S.HI/c1-13-11-22(12-14(2)25-13)26(23,24)9-8-20-17(19-3)21-10-15-6-4-5-7-16(15)18;/h4-7,13-14H,8-12H2,1-3H3,(H2,19,20,21);1H. The van der Waals surface area contributed by atoms with E-state index in [1.807, 2.05) is 13.8 Å². The second-order valence-electron chi connectivity index (χ2n) is 6.33. The number of ether oxygens (including phenoxy) is 1. The van der Waals surface area contributed by atoms with Crippen LogP contribution in [0.4, 0.5) is 4.39 Å². The van der Waals surface area contributed by atoms with Gasteiger partial charge in [-0.3, -0.25) is 4.99 Å². The largest absolute Gasteiger partial charge is 0.373 e. The van der Waals surface area contributed by atoms with Crippen LogP contribution >= 0.6 is 24.0 Å². The van der Waals surface area contributed by atoms with Gasteiger partial charge in [-0.1, -0.05) is 18.2 Å². The van der Waals surface area contributed by atoms with Gasteiger partial charge in [0.1, 0.15) is 5.82 Å². The second kappa shape index (κ2) is 11.1. The minimum Gasteiger partial charge on any atom is -0.373 e. The Bertz CT molecular complexity index is 723. The number of nitrogens with one attached hydrogen (secondary N) is 2. The quantitative estimate of drug-likeness (QED) is 0.342. The fourth-order valence-corrected chi connectivity index (χ4v) is 4.32. The molecule has 2 atom stereocenters. The molecule has 1 heterocycles. The van der Waals surface area contributed by atoms with E-state index < -0.39 is 10.0 Å². The molecule has 1 fully saturated rings. The van der Waals surface area contributed by atoms with E-state index in [1.165, 1.54) is 10.4 Å². The monoisotopic (exact) mass is 514 g/mol. The van der Waals surface area contributed by atoms with E-state index in [1.54, 1.807) is 25.2 Å². The van der Waals surface area contributed by atoms with Crippen molar-refractivity contribution in [2.45, 2.75) is 32.6 Å². The van der Waals surface area contributed by atoms with Crippen LogP contribution < -0.4 is 10.6 Å². The summed E-state index contributed by atoms with van der Waals surface area (Å²) in [6, 6.07) is 6.46. The highest BCUT2D eigenvalue weighted by Gasteiger charge is 2.30. The number of sulfonamides is 1. The van der Waals surface area contributed by atoms with Gasteiger partial charge in [0.2, 0.25) is 10.0 Å². The zero-order valence-corrected chi connectivity index (χ0v) is 19.0. The van der Waals surface area contributed by atoms with Gasteiger partial charge in [-0.05, 0) is 19.9 Å². The predicted molar refractivity (Wildman–Crippen MR) is 115 cm³/mol. The van der Waals surface area contributed by atoms with Gasteiger partial charge in [-0.2, -0.15) is 4.31 Å². The summed E-state index contributed by atoms with van der Waals surface area (Å²) < 4.78 is 45.7. The lowest BCUT2D eigenvalue weighted by molar-refractivity contribution is -0.0440. The zero-order chi connectivity index (χ0) is 19.2. The molecule has 2 rings (SSSR count). The SMILES string of the molecule is CN=C(NCCS(=O)(=O)N1CC(C)OC(C)C1)NCc1ccccc1F.I. The lowest BCUT2D eigenvalue weighted by Crippen LogP contribution is -2.50. The van der Waals surface area contributed by atoms with Crippen molar-refractivity contribution in [2.75, 3.05) is 32.4 Å². The van der Waals surface area contributed by atoms with Gasteiger partial charge in [-0.15, -0.1) is 24.0 Å². The molecule has 0 amide bonds. The number of aliphatic imine (C=N–C) groups is 1. The normalized spacial score (nSPS) is 21.4. The molecule has 27 heavy (non-hydrogen) atoms. The number of morpholine rings is 1. The molecule has 1 aromatic carbocycles. The van der Waals surface area contributed by atoms with E-state index in [2.05, 4.69) is 15.6 Å². The van der Waals surface area contributed by atoms with E-state index >= 15 is 0 Å². The first kappa shape index (κ1) is 24.1. The highest BCUT2D eigenvalue weighted by molar-refractivity contribution is 14.0. The van der Waals surface area contributed by atoms with Crippen molar-refractivity contribution in [3.05, 3.63) is 35.6 Å². The van der Waals surface area contributed by atoms with E-state index in [9.17, 15) is 12.8 Å². The van der Waals surface area contributed by atoms with Crippen molar-refractivity contribution < 1.29 is 17.5 Å². The Morgan fingerprint density at radius 2 is 1.89 bits per heavy atom. The van der Waals surface area contributed by atoms with E-state index in [4.69, 9.17) is 4.74 Å². The van der Waals surface area contributed by atoms with Crippen LogP contribution in [0.2, 0.25) is 0 Å². The summed E-state index contributed by atoms with van der Waals surface area (Å²) in [7, 11) is -1.80. The molecule has 0 radical (unpaired) electrons. The number of hydrogen-bond donors (Lipinski definition) is 2. The minimum absolute atomic E-state index is 0. The summed E-state index contributed by atoms with van der Waals surface area (Å²) in [6.07, 6.45) is -0.228. The van der Waals surface area contributed by atoms with E-state index in [0.29, 0.717) is 24.6 Å². The maximum Gasteiger partial charge on any atom is 0.216 e. The molecule has 154 valence electrons. The molecule has 7 nitrogen and oxygen atoms in total. The molecule has 0 saturated carbocycles. The number of halogens is 2. The Labute approximate surface area is 177 Å². The second-order valence-corrected chi connectivity index (χ2v) is 8.42. The number of guanidine groups is 1. The van der Waals surface area contributed by atoms with Gasteiger partial charge in [0.05, 0.1) is 18.0 Å². The molecular formula is C17H28FIN4O3S. The van der Waals surface area contributed by atoms with Crippen LogP contribution in [0.15, 0.2) is 29.3 Å². The molecule has 0 aromatic heterocycles. The van der Waals surface area contributed by atoms with Crippen LogP contribution in [0.5, 0.6) is 0 Å². The van der Waals surface area contributed by atoms with Gasteiger partial charge in [-0.25, -0.2) is 12.8 Å². The van der Waals surface area contributed by atoms with Crippen molar-refractivity contribution in [3.8, 4) is 0 Å². The fourth-order valence-electron chi connectivity index (χ4n) is 2.83.